The number of primary amides is 1. The van der Waals surface area contributed by atoms with Crippen LogP contribution in [0.1, 0.15) is 12.0 Å². The molecule has 0 aromatic heterocycles. The second-order valence-electron chi connectivity index (χ2n) is 3.73. The van der Waals surface area contributed by atoms with E-state index in [0.717, 1.165) is 24.2 Å². The number of rotatable bonds is 3. The van der Waals surface area contributed by atoms with Crippen molar-refractivity contribution in [3.63, 3.8) is 0 Å². The van der Waals surface area contributed by atoms with Gasteiger partial charge in [-0.05, 0) is 24.1 Å². The van der Waals surface area contributed by atoms with E-state index in [2.05, 4.69) is 0 Å². The van der Waals surface area contributed by atoms with E-state index in [1.165, 1.54) is 12.1 Å². The van der Waals surface area contributed by atoms with E-state index in [1.54, 1.807) is 6.07 Å². The Morgan fingerprint density at radius 1 is 1.53 bits per heavy atom. The summed E-state index contributed by atoms with van der Waals surface area (Å²) in [4.78, 5) is 12.7. The number of hydrogen-bond donors (Lipinski definition) is 1. The van der Waals surface area contributed by atoms with Crippen LogP contribution in [0.3, 0.4) is 0 Å². The summed E-state index contributed by atoms with van der Waals surface area (Å²) in [5, 5.41) is 0. The van der Waals surface area contributed by atoms with Crippen molar-refractivity contribution in [2.75, 3.05) is 18.0 Å². The molecule has 1 aliphatic rings. The van der Waals surface area contributed by atoms with E-state index in [1.807, 2.05) is 4.90 Å². The Bertz CT molecular complexity index is 392. The van der Waals surface area contributed by atoms with Gasteiger partial charge in [0.2, 0.25) is 5.91 Å². The molecular formula is C11H13FN2O. The van der Waals surface area contributed by atoms with Crippen LogP contribution in [0.15, 0.2) is 18.2 Å². The lowest BCUT2D eigenvalue weighted by Gasteiger charge is -2.18. The van der Waals surface area contributed by atoms with Gasteiger partial charge in [-0.1, -0.05) is 6.07 Å². The van der Waals surface area contributed by atoms with Crippen LogP contribution in [0.2, 0.25) is 0 Å². The van der Waals surface area contributed by atoms with Crippen LogP contribution in [0, 0.1) is 5.82 Å². The highest BCUT2D eigenvalue weighted by Gasteiger charge is 2.19. The molecule has 0 saturated carbocycles. The Kier molecular flexibility index (Phi) is 2.58. The van der Waals surface area contributed by atoms with Gasteiger partial charge in [0, 0.05) is 25.2 Å². The number of carbonyl (C=O) groups is 1. The molecule has 15 heavy (non-hydrogen) atoms. The van der Waals surface area contributed by atoms with Gasteiger partial charge in [-0.15, -0.1) is 0 Å². The predicted octanol–water partition coefficient (Wildman–Crippen LogP) is 1.06. The molecule has 1 aromatic rings. The minimum Gasteiger partial charge on any atom is -0.370 e. The van der Waals surface area contributed by atoms with Crippen molar-refractivity contribution in [1.82, 2.24) is 0 Å². The van der Waals surface area contributed by atoms with Crippen LogP contribution in [0.4, 0.5) is 10.1 Å². The van der Waals surface area contributed by atoms with E-state index < -0.39 is 0 Å². The van der Waals surface area contributed by atoms with Crippen LogP contribution in [0.25, 0.3) is 0 Å². The molecule has 3 nitrogen and oxygen atoms in total. The van der Waals surface area contributed by atoms with Gasteiger partial charge in [-0.2, -0.15) is 0 Å². The second-order valence-corrected chi connectivity index (χ2v) is 3.73. The first kappa shape index (κ1) is 9.96. The Hall–Kier alpha value is -1.58. The minimum absolute atomic E-state index is 0.236. The van der Waals surface area contributed by atoms with E-state index in [-0.39, 0.29) is 11.7 Å². The zero-order chi connectivity index (χ0) is 10.8. The van der Waals surface area contributed by atoms with Crippen molar-refractivity contribution in [1.29, 1.82) is 0 Å². The Balaban J connectivity index is 2.13. The first-order valence-electron chi connectivity index (χ1n) is 4.98. The summed E-state index contributed by atoms with van der Waals surface area (Å²) in [6.07, 6.45) is 1.23. The molecule has 1 aliphatic heterocycles. The largest absolute Gasteiger partial charge is 0.370 e. The Morgan fingerprint density at radius 3 is 3.07 bits per heavy atom. The van der Waals surface area contributed by atoms with Crippen LogP contribution in [-0.2, 0) is 11.2 Å². The molecule has 1 amide bonds. The normalized spacial score (nSPS) is 14.1. The average molecular weight is 208 g/mol. The fraction of sp³-hybridized carbons (Fsp3) is 0.364. The molecule has 1 heterocycles. The highest BCUT2D eigenvalue weighted by atomic mass is 19.1. The maximum absolute atomic E-state index is 13.0. The lowest BCUT2D eigenvalue weighted by molar-refractivity contribution is -0.117. The molecule has 4 heteroatoms. The van der Waals surface area contributed by atoms with Crippen molar-refractivity contribution in [2.45, 2.75) is 12.8 Å². The quantitative estimate of drug-likeness (QED) is 0.807. The zero-order valence-electron chi connectivity index (χ0n) is 8.37. The number of halogens is 1. The lowest BCUT2D eigenvalue weighted by Crippen LogP contribution is -2.26. The molecule has 0 saturated heterocycles. The Labute approximate surface area is 87.7 Å². The van der Waals surface area contributed by atoms with Gasteiger partial charge in [-0.3, -0.25) is 4.79 Å². The molecule has 2 N–H and O–H groups in total. The smallest absolute Gasteiger partial charge is 0.219 e. The molecular weight excluding hydrogens is 195 g/mol. The third-order valence-electron chi connectivity index (χ3n) is 2.67. The van der Waals surface area contributed by atoms with E-state index >= 15 is 0 Å². The first-order valence-corrected chi connectivity index (χ1v) is 4.98. The van der Waals surface area contributed by atoms with Crippen molar-refractivity contribution < 1.29 is 9.18 Å². The van der Waals surface area contributed by atoms with Gasteiger partial charge >= 0.3 is 0 Å². The standard InChI is InChI=1S/C11H13FN2O/c12-9-2-1-8-3-5-14(10(8)7-9)6-4-11(13)15/h1-2,7H,3-6H2,(H2,13,15). The molecule has 0 bridgehead atoms. The van der Waals surface area contributed by atoms with Gasteiger partial charge in [0.05, 0.1) is 0 Å². The summed E-state index contributed by atoms with van der Waals surface area (Å²) in [7, 11) is 0. The van der Waals surface area contributed by atoms with E-state index in [0.29, 0.717) is 13.0 Å². The minimum atomic E-state index is -0.320. The molecule has 0 fully saturated rings. The van der Waals surface area contributed by atoms with Crippen LogP contribution in [0.5, 0.6) is 0 Å². The second kappa shape index (κ2) is 3.88. The third-order valence-corrected chi connectivity index (χ3v) is 2.67. The van der Waals surface area contributed by atoms with Crippen molar-refractivity contribution in [3.05, 3.63) is 29.6 Å². The number of amides is 1. The highest BCUT2D eigenvalue weighted by Crippen LogP contribution is 2.28. The number of carbonyl (C=O) groups excluding carboxylic acids is 1. The summed E-state index contributed by atoms with van der Waals surface area (Å²) in [6.45, 7) is 1.41. The Morgan fingerprint density at radius 2 is 2.33 bits per heavy atom. The van der Waals surface area contributed by atoms with Crippen molar-refractivity contribution in [3.8, 4) is 0 Å². The molecule has 0 unspecified atom stereocenters. The van der Waals surface area contributed by atoms with E-state index in [4.69, 9.17) is 5.73 Å². The first-order chi connectivity index (χ1) is 7.16. The van der Waals surface area contributed by atoms with Crippen LogP contribution < -0.4 is 10.6 Å². The van der Waals surface area contributed by atoms with Gasteiger partial charge in [0.1, 0.15) is 5.82 Å². The van der Waals surface area contributed by atoms with Gasteiger partial charge in [0.25, 0.3) is 0 Å². The fourth-order valence-corrected chi connectivity index (χ4v) is 1.90. The average Bonchev–Trinajstić information content (AvgIpc) is 2.57. The summed E-state index contributed by atoms with van der Waals surface area (Å²) in [5.74, 6) is -0.556. The topological polar surface area (TPSA) is 46.3 Å². The lowest BCUT2D eigenvalue weighted by atomic mass is 10.2. The summed E-state index contributed by atoms with van der Waals surface area (Å²) < 4.78 is 13.0. The summed E-state index contributed by atoms with van der Waals surface area (Å²) in [6, 6.07) is 4.79. The maximum Gasteiger partial charge on any atom is 0.219 e. The van der Waals surface area contributed by atoms with Crippen LogP contribution >= 0.6 is 0 Å². The number of benzene rings is 1. The summed E-state index contributed by atoms with van der Waals surface area (Å²) in [5.41, 5.74) is 7.12. The van der Waals surface area contributed by atoms with Gasteiger partial charge < -0.3 is 10.6 Å². The molecule has 80 valence electrons. The molecule has 1 aromatic carbocycles. The maximum atomic E-state index is 13.0. The molecule has 0 spiro atoms. The van der Waals surface area contributed by atoms with Crippen molar-refractivity contribution >= 4 is 11.6 Å². The fourth-order valence-electron chi connectivity index (χ4n) is 1.90. The number of nitrogens with zero attached hydrogens (tertiary/aromatic N) is 1. The monoisotopic (exact) mass is 208 g/mol. The number of nitrogens with two attached hydrogens (primary N) is 1. The number of anilines is 1. The van der Waals surface area contributed by atoms with Gasteiger partial charge in [-0.25, -0.2) is 4.39 Å². The molecule has 0 aliphatic carbocycles. The SMILES string of the molecule is NC(=O)CCN1CCc2ccc(F)cc21. The number of fused-ring (bicyclic) bond motifs is 1. The molecule has 0 atom stereocenters. The van der Waals surface area contributed by atoms with E-state index in [9.17, 15) is 9.18 Å². The highest BCUT2D eigenvalue weighted by molar-refractivity contribution is 5.74. The molecule has 2 rings (SSSR count). The van der Waals surface area contributed by atoms with Gasteiger partial charge in [0.15, 0.2) is 0 Å². The van der Waals surface area contributed by atoms with Crippen LogP contribution in [-0.4, -0.2) is 19.0 Å². The zero-order valence-corrected chi connectivity index (χ0v) is 8.37. The third kappa shape index (κ3) is 2.09. The molecule has 0 radical (unpaired) electrons. The van der Waals surface area contributed by atoms with Crippen molar-refractivity contribution in [2.24, 2.45) is 5.73 Å². The summed E-state index contributed by atoms with van der Waals surface area (Å²) >= 11 is 0. The predicted molar refractivity (Wildman–Crippen MR) is 56.1 cm³/mol. The number of hydrogen-bond acceptors (Lipinski definition) is 2.